The van der Waals surface area contributed by atoms with Gasteiger partial charge in [0.1, 0.15) is 5.82 Å². The third-order valence-electron chi connectivity index (χ3n) is 4.15. The van der Waals surface area contributed by atoms with E-state index in [0.717, 1.165) is 19.3 Å². The largest absolute Gasteiger partial charge is 0.341 e. The van der Waals surface area contributed by atoms with Gasteiger partial charge < -0.3 is 10.6 Å². The van der Waals surface area contributed by atoms with Gasteiger partial charge in [-0.3, -0.25) is 9.59 Å². The fourth-order valence-electron chi connectivity index (χ4n) is 2.91. The van der Waals surface area contributed by atoms with Crippen molar-refractivity contribution in [3.05, 3.63) is 35.6 Å². The van der Waals surface area contributed by atoms with Crippen LogP contribution in [0.15, 0.2) is 24.3 Å². The summed E-state index contributed by atoms with van der Waals surface area (Å²) >= 11 is 0. The molecule has 6 heteroatoms. The van der Waals surface area contributed by atoms with Gasteiger partial charge in [0.15, 0.2) is 5.78 Å². The van der Waals surface area contributed by atoms with Crippen molar-refractivity contribution >= 4 is 24.1 Å². The number of Topliss-reactive ketones (excluding diaryl/α,β-unsaturated/α-hetero) is 1. The first-order chi connectivity index (χ1) is 10.5. The van der Waals surface area contributed by atoms with Gasteiger partial charge in [-0.1, -0.05) is 13.3 Å². The van der Waals surface area contributed by atoms with E-state index in [-0.39, 0.29) is 35.8 Å². The smallest absolute Gasteiger partial charge is 0.239 e. The Morgan fingerprint density at radius 2 is 2.00 bits per heavy atom. The highest BCUT2D eigenvalue weighted by Gasteiger charge is 2.30. The first-order valence-corrected chi connectivity index (χ1v) is 7.87. The van der Waals surface area contributed by atoms with Crippen LogP contribution in [0.1, 0.15) is 43.0 Å². The topological polar surface area (TPSA) is 63.4 Å². The average molecular weight is 343 g/mol. The Kier molecular flexibility index (Phi) is 7.65. The van der Waals surface area contributed by atoms with Crippen LogP contribution in [0.3, 0.4) is 0 Å². The number of amides is 1. The number of carbonyl (C=O) groups is 2. The molecule has 1 aliphatic heterocycles. The summed E-state index contributed by atoms with van der Waals surface area (Å²) in [4.78, 5) is 26.5. The maximum absolute atomic E-state index is 12.9. The lowest BCUT2D eigenvalue weighted by atomic mass is 9.89. The molecular weight excluding hydrogens is 319 g/mol. The average Bonchev–Trinajstić information content (AvgIpc) is 2.54. The zero-order valence-electron chi connectivity index (χ0n) is 13.3. The van der Waals surface area contributed by atoms with Crippen molar-refractivity contribution in [2.45, 2.75) is 38.6 Å². The Hall–Kier alpha value is -1.46. The molecule has 1 amide bonds. The predicted molar refractivity (Wildman–Crippen MR) is 90.2 cm³/mol. The number of benzene rings is 1. The van der Waals surface area contributed by atoms with Crippen molar-refractivity contribution < 1.29 is 14.0 Å². The number of rotatable bonds is 5. The molecule has 0 aromatic heterocycles. The molecule has 4 nitrogen and oxygen atoms in total. The van der Waals surface area contributed by atoms with Crippen molar-refractivity contribution in [3.8, 4) is 0 Å². The van der Waals surface area contributed by atoms with Gasteiger partial charge in [-0.15, -0.1) is 12.4 Å². The number of nitrogens with two attached hydrogens (primary N) is 1. The van der Waals surface area contributed by atoms with Crippen LogP contribution in [0.2, 0.25) is 0 Å². The van der Waals surface area contributed by atoms with Crippen LogP contribution in [0.4, 0.5) is 4.39 Å². The summed E-state index contributed by atoms with van der Waals surface area (Å²) in [6, 6.07) is 5.10. The van der Waals surface area contributed by atoms with Crippen LogP contribution in [-0.4, -0.2) is 35.7 Å². The summed E-state index contributed by atoms with van der Waals surface area (Å²) in [5.41, 5.74) is 6.39. The van der Waals surface area contributed by atoms with Gasteiger partial charge in [0, 0.05) is 24.6 Å². The van der Waals surface area contributed by atoms with E-state index in [2.05, 4.69) is 0 Å². The van der Waals surface area contributed by atoms with Gasteiger partial charge in [-0.2, -0.15) is 0 Å². The minimum atomic E-state index is -0.482. The lowest BCUT2D eigenvalue weighted by molar-refractivity contribution is -0.134. The highest BCUT2D eigenvalue weighted by atomic mass is 35.5. The molecule has 2 N–H and O–H groups in total. The molecule has 2 rings (SSSR count). The molecule has 128 valence electrons. The quantitative estimate of drug-likeness (QED) is 0.837. The zero-order chi connectivity index (χ0) is 16.1. The van der Waals surface area contributed by atoms with Crippen LogP contribution in [0.25, 0.3) is 0 Å². The number of halogens is 2. The normalized spacial score (nSPS) is 18.9. The van der Waals surface area contributed by atoms with Crippen molar-refractivity contribution in [1.29, 1.82) is 0 Å². The van der Waals surface area contributed by atoms with E-state index >= 15 is 0 Å². The fraction of sp³-hybridized carbons (Fsp3) is 0.529. The van der Waals surface area contributed by atoms with E-state index in [1.165, 1.54) is 24.3 Å². The van der Waals surface area contributed by atoms with Crippen molar-refractivity contribution in [2.75, 3.05) is 13.1 Å². The molecular formula is C17H24ClFN2O2. The summed E-state index contributed by atoms with van der Waals surface area (Å²) in [5.74, 6) is -0.681. The number of ketones is 1. The standard InChI is InChI=1S/C17H23FN2O2.ClH/c1-2-4-15(19)17(22)20-10-3-5-13(11-20)16(21)12-6-8-14(18)9-7-12;/h6-9,13,15H,2-5,10-11,19H2,1H3;1H. The Balaban J connectivity index is 0.00000264. The van der Waals surface area contributed by atoms with Gasteiger partial charge in [0.05, 0.1) is 6.04 Å². The van der Waals surface area contributed by atoms with Gasteiger partial charge in [-0.05, 0) is 43.5 Å². The van der Waals surface area contributed by atoms with Crippen LogP contribution in [-0.2, 0) is 4.79 Å². The molecule has 0 radical (unpaired) electrons. The van der Waals surface area contributed by atoms with E-state index in [4.69, 9.17) is 5.73 Å². The monoisotopic (exact) mass is 342 g/mol. The van der Waals surface area contributed by atoms with Gasteiger partial charge in [0.2, 0.25) is 5.91 Å². The molecule has 0 aliphatic carbocycles. The van der Waals surface area contributed by atoms with Crippen molar-refractivity contribution in [3.63, 3.8) is 0 Å². The molecule has 0 bridgehead atoms. The van der Waals surface area contributed by atoms with Crippen LogP contribution in [0.5, 0.6) is 0 Å². The molecule has 2 atom stereocenters. The van der Waals surface area contributed by atoms with E-state index in [0.29, 0.717) is 25.1 Å². The lowest BCUT2D eigenvalue weighted by Crippen LogP contribution is -2.49. The summed E-state index contributed by atoms with van der Waals surface area (Å²) in [5, 5.41) is 0. The second-order valence-electron chi connectivity index (χ2n) is 5.89. The molecule has 1 fully saturated rings. The zero-order valence-corrected chi connectivity index (χ0v) is 14.2. The highest BCUT2D eigenvalue weighted by Crippen LogP contribution is 2.22. The number of piperidine rings is 1. The van der Waals surface area contributed by atoms with Gasteiger partial charge >= 0.3 is 0 Å². The molecule has 1 aliphatic rings. The second-order valence-corrected chi connectivity index (χ2v) is 5.89. The summed E-state index contributed by atoms with van der Waals surface area (Å²) < 4.78 is 12.9. The Labute approximate surface area is 142 Å². The molecule has 1 heterocycles. The van der Waals surface area contributed by atoms with Gasteiger partial charge in [-0.25, -0.2) is 4.39 Å². The van der Waals surface area contributed by atoms with E-state index < -0.39 is 6.04 Å². The van der Waals surface area contributed by atoms with E-state index in [1.54, 1.807) is 4.90 Å². The molecule has 23 heavy (non-hydrogen) atoms. The number of hydrogen-bond donors (Lipinski definition) is 1. The maximum Gasteiger partial charge on any atom is 0.239 e. The van der Waals surface area contributed by atoms with Crippen molar-refractivity contribution in [1.82, 2.24) is 4.90 Å². The summed E-state index contributed by atoms with van der Waals surface area (Å²) in [6.45, 7) is 3.06. The predicted octanol–water partition coefficient (Wildman–Crippen LogP) is 2.80. The first-order valence-electron chi connectivity index (χ1n) is 7.87. The van der Waals surface area contributed by atoms with E-state index in [9.17, 15) is 14.0 Å². The number of hydrogen-bond acceptors (Lipinski definition) is 3. The SMILES string of the molecule is CCCC(N)C(=O)N1CCCC(C(=O)c2ccc(F)cc2)C1.Cl. The Morgan fingerprint density at radius 1 is 1.35 bits per heavy atom. The molecule has 1 saturated heterocycles. The minimum absolute atomic E-state index is 0. The number of carbonyl (C=O) groups excluding carboxylic acids is 2. The second kappa shape index (κ2) is 8.99. The maximum atomic E-state index is 12.9. The molecule has 2 unspecified atom stereocenters. The van der Waals surface area contributed by atoms with Crippen LogP contribution >= 0.6 is 12.4 Å². The third-order valence-corrected chi connectivity index (χ3v) is 4.15. The minimum Gasteiger partial charge on any atom is -0.341 e. The molecule has 0 saturated carbocycles. The van der Waals surface area contributed by atoms with Crippen LogP contribution < -0.4 is 5.73 Å². The summed E-state index contributed by atoms with van der Waals surface area (Å²) in [6.07, 6.45) is 3.07. The van der Waals surface area contributed by atoms with Crippen LogP contribution in [0, 0.1) is 11.7 Å². The molecule has 1 aromatic rings. The number of likely N-dealkylation sites (tertiary alicyclic amines) is 1. The Morgan fingerprint density at radius 3 is 2.61 bits per heavy atom. The van der Waals surface area contributed by atoms with Gasteiger partial charge in [0.25, 0.3) is 0 Å². The molecule has 0 spiro atoms. The number of nitrogens with zero attached hydrogens (tertiary/aromatic N) is 1. The fourth-order valence-corrected chi connectivity index (χ4v) is 2.91. The highest BCUT2D eigenvalue weighted by molar-refractivity contribution is 5.98. The molecule has 1 aromatic carbocycles. The Bertz CT molecular complexity index is 536. The third kappa shape index (κ3) is 5.01. The lowest BCUT2D eigenvalue weighted by Gasteiger charge is -2.33. The van der Waals surface area contributed by atoms with E-state index in [1.807, 2.05) is 6.92 Å². The van der Waals surface area contributed by atoms with Crippen molar-refractivity contribution in [2.24, 2.45) is 11.7 Å². The first kappa shape index (κ1) is 19.6. The summed E-state index contributed by atoms with van der Waals surface area (Å²) in [7, 11) is 0.